The number of aromatic nitrogens is 2. The minimum absolute atomic E-state index is 0.473. The largest absolute Gasteiger partial charge is 0.383 e. The Hall–Kier alpha value is -0.870. The van der Waals surface area contributed by atoms with Crippen molar-refractivity contribution in [1.29, 1.82) is 0 Å². The molecule has 1 atom stereocenters. The van der Waals surface area contributed by atoms with Crippen LogP contribution in [0.25, 0.3) is 0 Å². The van der Waals surface area contributed by atoms with E-state index in [0.717, 1.165) is 32.7 Å². The van der Waals surface area contributed by atoms with Crippen LogP contribution in [-0.2, 0) is 24.2 Å². The number of methoxy groups -OCH3 is 1. The Bertz CT molecular complexity index is 348. The van der Waals surface area contributed by atoms with Crippen molar-refractivity contribution in [2.45, 2.75) is 39.4 Å². The molecule has 1 aliphatic rings. The topological polar surface area (TPSA) is 30.3 Å². The highest BCUT2D eigenvalue weighted by atomic mass is 16.5. The number of hydrogen-bond acceptors (Lipinski definition) is 3. The lowest BCUT2D eigenvalue weighted by atomic mass is 10.2. The van der Waals surface area contributed by atoms with Crippen molar-refractivity contribution in [3.63, 3.8) is 0 Å². The van der Waals surface area contributed by atoms with E-state index in [1.54, 1.807) is 7.11 Å². The van der Waals surface area contributed by atoms with Crippen molar-refractivity contribution in [3.05, 3.63) is 17.7 Å². The molecule has 0 spiro atoms. The first-order chi connectivity index (χ1) is 7.74. The van der Waals surface area contributed by atoms with E-state index in [4.69, 9.17) is 4.74 Å². The summed E-state index contributed by atoms with van der Waals surface area (Å²) in [4.78, 5) is 7.08. The van der Waals surface area contributed by atoms with E-state index in [0.29, 0.717) is 6.04 Å². The van der Waals surface area contributed by atoms with Gasteiger partial charge in [-0.15, -0.1) is 0 Å². The lowest BCUT2D eigenvalue weighted by Gasteiger charge is -2.32. The molecule has 0 fully saturated rings. The highest BCUT2D eigenvalue weighted by Crippen LogP contribution is 2.15. The fourth-order valence-electron chi connectivity index (χ4n) is 2.22. The van der Waals surface area contributed by atoms with Crippen LogP contribution in [-0.4, -0.2) is 40.8 Å². The molecule has 0 amide bonds. The Labute approximate surface area is 97.2 Å². The number of ether oxygens (including phenoxy) is 1. The Morgan fingerprint density at radius 3 is 3.00 bits per heavy atom. The third-order valence-electron chi connectivity index (χ3n) is 3.28. The number of imidazole rings is 1. The van der Waals surface area contributed by atoms with Crippen LogP contribution in [0.2, 0.25) is 0 Å². The summed E-state index contributed by atoms with van der Waals surface area (Å²) in [5, 5.41) is 0. The van der Waals surface area contributed by atoms with Gasteiger partial charge in [0.15, 0.2) is 0 Å². The molecule has 1 aromatic rings. The van der Waals surface area contributed by atoms with E-state index in [-0.39, 0.29) is 0 Å². The van der Waals surface area contributed by atoms with Gasteiger partial charge in [-0.05, 0) is 13.3 Å². The zero-order valence-electron chi connectivity index (χ0n) is 10.4. The van der Waals surface area contributed by atoms with Gasteiger partial charge in [0.05, 0.1) is 18.8 Å². The van der Waals surface area contributed by atoms with Crippen LogP contribution in [0, 0.1) is 0 Å². The average Bonchev–Trinajstić information content (AvgIpc) is 2.70. The van der Waals surface area contributed by atoms with Crippen molar-refractivity contribution < 1.29 is 4.74 Å². The van der Waals surface area contributed by atoms with Crippen molar-refractivity contribution >= 4 is 0 Å². The number of nitrogens with zero attached hydrogens (tertiary/aromatic N) is 3. The number of hydrogen-bond donors (Lipinski definition) is 0. The molecule has 0 saturated heterocycles. The monoisotopic (exact) mass is 223 g/mol. The zero-order valence-corrected chi connectivity index (χ0v) is 10.4. The first kappa shape index (κ1) is 11.6. The van der Waals surface area contributed by atoms with Gasteiger partial charge in [0.2, 0.25) is 0 Å². The van der Waals surface area contributed by atoms with E-state index in [1.165, 1.54) is 11.5 Å². The van der Waals surface area contributed by atoms with Crippen molar-refractivity contribution in [2.24, 2.45) is 0 Å². The van der Waals surface area contributed by atoms with Crippen LogP contribution in [0.3, 0.4) is 0 Å². The Morgan fingerprint density at radius 2 is 2.31 bits per heavy atom. The highest BCUT2D eigenvalue weighted by molar-refractivity contribution is 5.06. The summed E-state index contributed by atoms with van der Waals surface area (Å²) in [7, 11) is 1.76. The van der Waals surface area contributed by atoms with E-state index < -0.39 is 0 Å². The quantitative estimate of drug-likeness (QED) is 0.770. The second kappa shape index (κ2) is 4.97. The number of aryl methyl sites for hydroxylation is 1. The molecule has 2 heterocycles. The molecule has 4 nitrogen and oxygen atoms in total. The summed E-state index contributed by atoms with van der Waals surface area (Å²) in [5.74, 6) is 1.20. The van der Waals surface area contributed by atoms with E-state index in [1.807, 2.05) is 0 Å². The summed E-state index contributed by atoms with van der Waals surface area (Å²) >= 11 is 0. The molecule has 1 aliphatic heterocycles. The molecule has 1 aromatic heterocycles. The molecule has 0 N–H and O–H groups in total. The maximum Gasteiger partial charge on any atom is 0.123 e. The predicted octanol–water partition coefficient (Wildman–Crippen LogP) is 1.30. The lowest BCUT2D eigenvalue weighted by Crippen LogP contribution is -2.41. The maximum absolute atomic E-state index is 5.20. The Morgan fingerprint density at radius 1 is 1.50 bits per heavy atom. The van der Waals surface area contributed by atoms with Gasteiger partial charge < -0.3 is 9.30 Å². The summed E-state index contributed by atoms with van der Waals surface area (Å²) in [6.07, 6.45) is 3.21. The zero-order chi connectivity index (χ0) is 11.5. The molecule has 16 heavy (non-hydrogen) atoms. The van der Waals surface area contributed by atoms with Crippen molar-refractivity contribution in [1.82, 2.24) is 14.5 Å². The summed E-state index contributed by atoms with van der Waals surface area (Å²) in [5.41, 5.74) is 1.20. The smallest absolute Gasteiger partial charge is 0.123 e. The summed E-state index contributed by atoms with van der Waals surface area (Å²) in [6.45, 7) is 8.25. The van der Waals surface area contributed by atoms with Gasteiger partial charge in [-0.1, -0.05) is 6.92 Å². The lowest BCUT2D eigenvalue weighted by molar-refractivity contribution is 0.0804. The van der Waals surface area contributed by atoms with Gasteiger partial charge in [0.25, 0.3) is 0 Å². The fourth-order valence-corrected chi connectivity index (χ4v) is 2.22. The number of rotatable bonds is 4. The normalized spacial score (nSPS) is 18.4. The third-order valence-corrected chi connectivity index (χ3v) is 3.28. The van der Waals surface area contributed by atoms with Gasteiger partial charge in [-0.3, -0.25) is 4.90 Å². The minimum Gasteiger partial charge on any atom is -0.383 e. The second-order valence-corrected chi connectivity index (χ2v) is 4.47. The first-order valence-corrected chi connectivity index (χ1v) is 6.02. The maximum atomic E-state index is 5.20. The van der Waals surface area contributed by atoms with Crippen LogP contribution >= 0.6 is 0 Å². The molecule has 4 heteroatoms. The summed E-state index contributed by atoms with van der Waals surface area (Å²) in [6, 6.07) is 0.473. The van der Waals surface area contributed by atoms with Gasteiger partial charge in [0, 0.05) is 32.4 Å². The fraction of sp³-hybridized carbons (Fsp3) is 0.750. The molecule has 2 rings (SSSR count). The van der Waals surface area contributed by atoms with E-state index in [2.05, 4.69) is 34.5 Å². The van der Waals surface area contributed by atoms with Crippen molar-refractivity contribution in [2.75, 3.05) is 20.3 Å². The minimum atomic E-state index is 0.473. The van der Waals surface area contributed by atoms with Gasteiger partial charge in [0.1, 0.15) is 5.82 Å². The predicted molar refractivity (Wildman–Crippen MR) is 63.4 cm³/mol. The highest BCUT2D eigenvalue weighted by Gasteiger charge is 2.21. The Balaban J connectivity index is 2.05. The van der Waals surface area contributed by atoms with E-state index >= 15 is 0 Å². The third kappa shape index (κ3) is 2.28. The first-order valence-electron chi connectivity index (χ1n) is 6.02. The van der Waals surface area contributed by atoms with Crippen LogP contribution < -0.4 is 0 Å². The molecule has 0 bridgehead atoms. The van der Waals surface area contributed by atoms with Crippen LogP contribution in [0.5, 0.6) is 0 Å². The molecular weight excluding hydrogens is 202 g/mol. The molecule has 0 aromatic carbocycles. The SMILES string of the molecule is CCc1cn2c(n1)CN(C(C)COC)CC2. The standard InChI is InChI=1S/C12H21N3O/c1-4-11-7-15-6-5-14(8-12(15)13-11)10(2)9-16-3/h7,10H,4-6,8-9H2,1-3H3. The molecule has 0 radical (unpaired) electrons. The molecule has 1 unspecified atom stereocenters. The molecular formula is C12H21N3O. The molecule has 90 valence electrons. The van der Waals surface area contributed by atoms with Gasteiger partial charge in [-0.25, -0.2) is 4.98 Å². The van der Waals surface area contributed by atoms with Gasteiger partial charge in [-0.2, -0.15) is 0 Å². The second-order valence-electron chi connectivity index (χ2n) is 4.47. The van der Waals surface area contributed by atoms with Crippen LogP contribution in [0.1, 0.15) is 25.4 Å². The Kier molecular flexibility index (Phi) is 3.61. The van der Waals surface area contributed by atoms with E-state index in [9.17, 15) is 0 Å². The van der Waals surface area contributed by atoms with Crippen LogP contribution in [0.15, 0.2) is 6.20 Å². The number of fused-ring (bicyclic) bond motifs is 1. The average molecular weight is 223 g/mol. The molecule has 0 saturated carbocycles. The summed E-state index contributed by atoms with van der Waals surface area (Å²) < 4.78 is 7.49. The van der Waals surface area contributed by atoms with Crippen LogP contribution in [0.4, 0.5) is 0 Å². The van der Waals surface area contributed by atoms with Crippen molar-refractivity contribution in [3.8, 4) is 0 Å². The van der Waals surface area contributed by atoms with Gasteiger partial charge >= 0.3 is 0 Å². The molecule has 0 aliphatic carbocycles.